The molecule has 3 aromatic carbocycles. The molecule has 14 nitrogen and oxygen atoms in total. The van der Waals surface area contributed by atoms with Crippen molar-refractivity contribution in [2.24, 2.45) is 5.10 Å². The fourth-order valence-electron chi connectivity index (χ4n) is 4.29. The van der Waals surface area contributed by atoms with Crippen LogP contribution in [0.4, 0.5) is 29.2 Å². The lowest BCUT2D eigenvalue weighted by Crippen LogP contribution is -2.37. The van der Waals surface area contributed by atoms with Crippen molar-refractivity contribution in [3.63, 3.8) is 0 Å². The number of hydrazone groups is 1. The summed E-state index contributed by atoms with van der Waals surface area (Å²) in [4.78, 5) is 39.1. The highest BCUT2D eigenvalue weighted by molar-refractivity contribution is 5.92. The van der Waals surface area contributed by atoms with Gasteiger partial charge in [0.05, 0.1) is 36.5 Å². The molecule has 1 aliphatic heterocycles. The Morgan fingerprint density at radius 1 is 1.05 bits per heavy atom. The highest BCUT2D eigenvalue weighted by Crippen LogP contribution is 2.29. The number of esters is 1. The van der Waals surface area contributed by atoms with Gasteiger partial charge in [-0.3, -0.25) is 10.1 Å². The van der Waals surface area contributed by atoms with Gasteiger partial charge in [-0.15, -0.1) is 0 Å². The van der Waals surface area contributed by atoms with Gasteiger partial charge in [0, 0.05) is 30.9 Å². The van der Waals surface area contributed by atoms with Gasteiger partial charge in [0.2, 0.25) is 17.8 Å². The molecule has 0 aliphatic carbocycles. The van der Waals surface area contributed by atoms with E-state index in [0.29, 0.717) is 61.7 Å². The molecule has 0 spiro atoms. The summed E-state index contributed by atoms with van der Waals surface area (Å²) >= 11 is 0. The number of nitrogens with one attached hydrogen (secondary N) is 2. The van der Waals surface area contributed by atoms with Gasteiger partial charge in [-0.2, -0.15) is 20.1 Å². The second kappa shape index (κ2) is 14.0. The van der Waals surface area contributed by atoms with Gasteiger partial charge in [-0.05, 0) is 61.4 Å². The predicted octanol–water partition coefficient (Wildman–Crippen LogP) is 4.73. The maximum atomic E-state index is 12.8. The van der Waals surface area contributed by atoms with Crippen molar-refractivity contribution in [1.29, 1.82) is 0 Å². The standard InChI is InChI=1S/C30H30N8O6/c1-3-43-26-17-21(9-10-25(26)44-27(39)22-15-20(2)16-24(18-22)38(40)41)19-31-36-29-33-28(32-23-7-5-4-6-8-23)34-30(35-29)37-11-13-42-14-12-37/h4-10,15-19H,3,11-14H2,1-2H3,(H2,32,33,34,35,36)/b31-19-. The van der Waals surface area contributed by atoms with Gasteiger partial charge in [0.25, 0.3) is 5.69 Å². The van der Waals surface area contributed by atoms with Gasteiger partial charge in [0.1, 0.15) is 0 Å². The third kappa shape index (κ3) is 7.80. The van der Waals surface area contributed by atoms with Crippen LogP contribution in [0.25, 0.3) is 0 Å². The average molecular weight is 599 g/mol. The maximum absolute atomic E-state index is 12.8. The van der Waals surface area contributed by atoms with E-state index in [-0.39, 0.29) is 22.9 Å². The lowest BCUT2D eigenvalue weighted by Gasteiger charge is -2.27. The Bertz CT molecular complexity index is 1660. The van der Waals surface area contributed by atoms with E-state index >= 15 is 0 Å². The molecule has 1 fully saturated rings. The van der Waals surface area contributed by atoms with E-state index < -0.39 is 10.9 Å². The number of carbonyl (C=O) groups excluding carboxylic acids is 1. The molecule has 1 saturated heterocycles. The molecule has 0 bridgehead atoms. The second-order valence-corrected chi connectivity index (χ2v) is 9.59. The second-order valence-electron chi connectivity index (χ2n) is 9.59. The highest BCUT2D eigenvalue weighted by atomic mass is 16.6. The molecular formula is C30H30N8O6. The number of carbonyl (C=O) groups is 1. The topological polar surface area (TPSA) is 166 Å². The molecular weight excluding hydrogens is 568 g/mol. The molecule has 0 saturated carbocycles. The first-order valence-electron chi connectivity index (χ1n) is 13.8. The number of anilines is 4. The molecule has 0 atom stereocenters. The van der Waals surface area contributed by atoms with Crippen molar-refractivity contribution in [2.75, 3.05) is 48.6 Å². The van der Waals surface area contributed by atoms with Crippen molar-refractivity contribution >= 4 is 41.4 Å². The number of nitro benzene ring substituents is 1. The Labute approximate surface area is 252 Å². The first-order valence-corrected chi connectivity index (χ1v) is 13.8. The molecule has 2 heterocycles. The minimum absolute atomic E-state index is 0.0592. The zero-order valence-electron chi connectivity index (χ0n) is 24.1. The molecule has 4 aromatic rings. The third-order valence-electron chi connectivity index (χ3n) is 6.30. The van der Waals surface area contributed by atoms with E-state index in [1.165, 1.54) is 18.2 Å². The molecule has 5 rings (SSSR count). The van der Waals surface area contributed by atoms with Crippen LogP contribution in [0.3, 0.4) is 0 Å². The molecule has 44 heavy (non-hydrogen) atoms. The van der Waals surface area contributed by atoms with Crippen molar-refractivity contribution < 1.29 is 23.9 Å². The summed E-state index contributed by atoms with van der Waals surface area (Å²) in [7, 11) is 0. The number of para-hydroxylation sites is 1. The normalized spacial score (nSPS) is 13.0. The van der Waals surface area contributed by atoms with Gasteiger partial charge in [-0.1, -0.05) is 18.2 Å². The Morgan fingerprint density at radius 2 is 1.82 bits per heavy atom. The maximum Gasteiger partial charge on any atom is 0.343 e. The quantitative estimate of drug-likeness (QED) is 0.0802. The number of morpholine rings is 1. The number of hydrogen-bond donors (Lipinski definition) is 2. The average Bonchev–Trinajstić information content (AvgIpc) is 3.03. The van der Waals surface area contributed by atoms with E-state index in [2.05, 4.69) is 30.8 Å². The Balaban J connectivity index is 1.33. The van der Waals surface area contributed by atoms with Crippen LogP contribution in [-0.4, -0.2) is 65.0 Å². The van der Waals surface area contributed by atoms with Crippen LogP contribution in [-0.2, 0) is 4.74 Å². The molecule has 0 unspecified atom stereocenters. The van der Waals surface area contributed by atoms with Gasteiger partial charge in [0.15, 0.2) is 11.5 Å². The van der Waals surface area contributed by atoms with E-state index in [4.69, 9.17) is 14.2 Å². The summed E-state index contributed by atoms with van der Waals surface area (Å²) in [6.07, 6.45) is 1.54. The number of nitrogens with zero attached hydrogens (tertiary/aromatic N) is 6. The summed E-state index contributed by atoms with van der Waals surface area (Å²) in [5.41, 5.74) is 4.75. The van der Waals surface area contributed by atoms with E-state index in [1.54, 1.807) is 38.3 Å². The molecule has 0 amide bonds. The van der Waals surface area contributed by atoms with Crippen LogP contribution in [0, 0.1) is 17.0 Å². The first-order chi connectivity index (χ1) is 21.4. The monoisotopic (exact) mass is 598 g/mol. The number of aromatic nitrogens is 3. The molecule has 1 aromatic heterocycles. The largest absolute Gasteiger partial charge is 0.490 e. The number of ether oxygens (including phenoxy) is 3. The van der Waals surface area contributed by atoms with Gasteiger partial charge >= 0.3 is 5.97 Å². The van der Waals surface area contributed by atoms with Crippen LogP contribution < -0.4 is 25.1 Å². The number of hydrogen-bond acceptors (Lipinski definition) is 13. The van der Waals surface area contributed by atoms with Crippen molar-refractivity contribution in [2.45, 2.75) is 13.8 Å². The minimum atomic E-state index is -0.744. The molecule has 0 radical (unpaired) electrons. The SMILES string of the molecule is CCOc1cc(/C=N\Nc2nc(Nc3ccccc3)nc(N3CCOCC3)n2)ccc1OC(=O)c1cc(C)cc([N+](=O)[O-])c1. The van der Waals surface area contributed by atoms with Gasteiger partial charge in [-0.25, -0.2) is 10.2 Å². The molecule has 226 valence electrons. The fourth-order valence-corrected chi connectivity index (χ4v) is 4.29. The van der Waals surface area contributed by atoms with Crippen molar-refractivity contribution in [3.05, 3.63) is 93.5 Å². The van der Waals surface area contributed by atoms with Gasteiger partial charge < -0.3 is 24.4 Å². The number of aryl methyl sites for hydroxylation is 1. The van der Waals surface area contributed by atoms with Crippen molar-refractivity contribution in [1.82, 2.24) is 15.0 Å². The lowest BCUT2D eigenvalue weighted by molar-refractivity contribution is -0.384. The number of rotatable bonds is 11. The van der Waals surface area contributed by atoms with Crippen molar-refractivity contribution in [3.8, 4) is 11.5 Å². The van der Waals surface area contributed by atoms with Crippen LogP contribution >= 0.6 is 0 Å². The van der Waals surface area contributed by atoms with E-state index in [1.807, 2.05) is 35.2 Å². The highest BCUT2D eigenvalue weighted by Gasteiger charge is 2.19. The number of non-ortho nitro benzene ring substituents is 1. The van der Waals surface area contributed by atoms with Crippen LogP contribution in [0.1, 0.15) is 28.4 Å². The minimum Gasteiger partial charge on any atom is -0.490 e. The first kappa shape index (κ1) is 29.8. The zero-order chi connectivity index (χ0) is 30.9. The van der Waals surface area contributed by atoms with Crippen LogP contribution in [0.15, 0.2) is 71.8 Å². The van der Waals surface area contributed by atoms with E-state index in [9.17, 15) is 14.9 Å². The Kier molecular flexibility index (Phi) is 9.51. The number of nitro groups is 1. The molecule has 14 heteroatoms. The van der Waals surface area contributed by atoms with Crippen LogP contribution in [0.2, 0.25) is 0 Å². The zero-order valence-corrected chi connectivity index (χ0v) is 24.1. The Morgan fingerprint density at radius 3 is 2.57 bits per heavy atom. The summed E-state index contributed by atoms with van der Waals surface area (Å²) in [6, 6.07) is 18.5. The lowest BCUT2D eigenvalue weighted by atomic mass is 10.1. The fraction of sp³-hybridized carbons (Fsp3) is 0.233. The smallest absolute Gasteiger partial charge is 0.343 e. The third-order valence-corrected chi connectivity index (χ3v) is 6.30. The molecule has 2 N–H and O–H groups in total. The van der Waals surface area contributed by atoms with E-state index in [0.717, 1.165) is 5.69 Å². The summed E-state index contributed by atoms with van der Waals surface area (Å²) in [5.74, 6) is 0.800. The predicted molar refractivity (Wildman–Crippen MR) is 164 cm³/mol. The van der Waals surface area contributed by atoms with Crippen LogP contribution in [0.5, 0.6) is 11.5 Å². The summed E-state index contributed by atoms with van der Waals surface area (Å²) < 4.78 is 16.7. The summed E-state index contributed by atoms with van der Waals surface area (Å²) in [6.45, 7) is 6.22. The molecule has 1 aliphatic rings. The number of benzene rings is 3. The Hall–Kier alpha value is -5.63. The summed E-state index contributed by atoms with van der Waals surface area (Å²) in [5, 5.41) is 18.7.